The standard InChI is InChI=1S/C18H23N3O4/c1-11(9-19)20(2)16(22)12-5-6-14-15(8-12)18(24)21(17(14)23)10-13-4-3-7-25-13/h5-6,8,11,13H,3-4,7,9-10,19H2,1-2H3. The highest BCUT2D eigenvalue weighted by atomic mass is 16.5. The number of nitrogens with two attached hydrogens (primary N) is 1. The maximum Gasteiger partial charge on any atom is 0.261 e. The van der Waals surface area contributed by atoms with Crippen LogP contribution in [0.4, 0.5) is 0 Å². The van der Waals surface area contributed by atoms with Gasteiger partial charge in [0.25, 0.3) is 17.7 Å². The van der Waals surface area contributed by atoms with Gasteiger partial charge in [0.1, 0.15) is 0 Å². The fourth-order valence-electron chi connectivity index (χ4n) is 3.14. The lowest BCUT2D eigenvalue weighted by Crippen LogP contribution is -2.39. The van der Waals surface area contributed by atoms with Crippen molar-refractivity contribution in [2.75, 3.05) is 26.7 Å². The van der Waals surface area contributed by atoms with Crippen LogP contribution in [0, 0.1) is 0 Å². The SMILES string of the molecule is CC(CN)N(C)C(=O)c1ccc2c(c1)C(=O)N(CC1CCCO1)C2=O. The number of ether oxygens (including phenoxy) is 1. The largest absolute Gasteiger partial charge is 0.376 e. The molecule has 0 bridgehead atoms. The minimum atomic E-state index is -0.361. The molecule has 134 valence electrons. The molecule has 0 aromatic heterocycles. The average molecular weight is 345 g/mol. The van der Waals surface area contributed by atoms with Gasteiger partial charge in [-0.2, -0.15) is 0 Å². The van der Waals surface area contributed by atoms with Gasteiger partial charge in [0.2, 0.25) is 0 Å². The number of fused-ring (bicyclic) bond motifs is 1. The van der Waals surface area contributed by atoms with E-state index in [-0.39, 0.29) is 42.0 Å². The molecule has 2 N–H and O–H groups in total. The molecule has 3 amide bonds. The number of imide groups is 1. The van der Waals surface area contributed by atoms with Crippen molar-refractivity contribution >= 4 is 17.7 Å². The molecule has 1 fully saturated rings. The van der Waals surface area contributed by atoms with E-state index >= 15 is 0 Å². The van der Waals surface area contributed by atoms with Gasteiger partial charge in [0.15, 0.2) is 0 Å². The summed E-state index contributed by atoms with van der Waals surface area (Å²) in [5.41, 5.74) is 6.60. The van der Waals surface area contributed by atoms with Gasteiger partial charge in [0.05, 0.1) is 23.8 Å². The van der Waals surface area contributed by atoms with Gasteiger partial charge >= 0.3 is 0 Å². The third-order valence-electron chi connectivity index (χ3n) is 4.95. The zero-order chi connectivity index (χ0) is 18.1. The lowest BCUT2D eigenvalue weighted by Gasteiger charge is -2.23. The first kappa shape index (κ1) is 17.6. The van der Waals surface area contributed by atoms with E-state index in [1.54, 1.807) is 19.2 Å². The normalized spacial score (nSPS) is 20.8. The number of benzene rings is 1. The zero-order valence-electron chi connectivity index (χ0n) is 14.5. The maximum absolute atomic E-state index is 12.6. The average Bonchev–Trinajstić information content (AvgIpc) is 3.22. The summed E-state index contributed by atoms with van der Waals surface area (Å²) in [4.78, 5) is 40.4. The molecule has 7 nitrogen and oxygen atoms in total. The van der Waals surface area contributed by atoms with Crippen LogP contribution in [0.2, 0.25) is 0 Å². The second kappa shape index (κ2) is 6.93. The maximum atomic E-state index is 12.6. The highest BCUT2D eigenvalue weighted by molar-refractivity contribution is 6.22. The molecular formula is C18H23N3O4. The van der Waals surface area contributed by atoms with Crippen molar-refractivity contribution in [2.24, 2.45) is 5.73 Å². The van der Waals surface area contributed by atoms with E-state index in [1.807, 2.05) is 6.92 Å². The lowest BCUT2D eigenvalue weighted by atomic mass is 10.0. The molecule has 2 atom stereocenters. The Bertz CT molecular complexity index is 712. The molecule has 0 aliphatic carbocycles. The monoisotopic (exact) mass is 345 g/mol. The number of hydrogen-bond donors (Lipinski definition) is 1. The molecule has 1 aromatic carbocycles. The zero-order valence-corrected chi connectivity index (χ0v) is 14.5. The number of carbonyl (C=O) groups excluding carboxylic acids is 3. The van der Waals surface area contributed by atoms with Crippen molar-refractivity contribution in [3.63, 3.8) is 0 Å². The Hall–Kier alpha value is -2.25. The predicted molar refractivity (Wildman–Crippen MR) is 91.4 cm³/mol. The molecule has 2 unspecified atom stereocenters. The summed E-state index contributed by atoms with van der Waals surface area (Å²) in [5, 5.41) is 0. The van der Waals surface area contributed by atoms with Gasteiger partial charge in [-0.1, -0.05) is 0 Å². The number of likely N-dealkylation sites (N-methyl/N-ethyl adjacent to an activating group) is 1. The number of carbonyl (C=O) groups is 3. The lowest BCUT2D eigenvalue weighted by molar-refractivity contribution is 0.0475. The molecule has 2 heterocycles. The fourth-order valence-corrected chi connectivity index (χ4v) is 3.14. The van der Waals surface area contributed by atoms with E-state index < -0.39 is 0 Å². The number of hydrogen-bond acceptors (Lipinski definition) is 5. The molecule has 1 aromatic rings. The van der Waals surface area contributed by atoms with Crippen LogP contribution in [0.25, 0.3) is 0 Å². The Morgan fingerprint density at radius 2 is 2.08 bits per heavy atom. The topological polar surface area (TPSA) is 92.9 Å². The van der Waals surface area contributed by atoms with Crippen molar-refractivity contribution < 1.29 is 19.1 Å². The van der Waals surface area contributed by atoms with Crippen LogP contribution in [-0.2, 0) is 4.74 Å². The van der Waals surface area contributed by atoms with Crippen molar-refractivity contribution in [1.82, 2.24) is 9.80 Å². The van der Waals surface area contributed by atoms with Gasteiger partial charge in [-0.25, -0.2) is 0 Å². The van der Waals surface area contributed by atoms with Crippen LogP contribution in [0.3, 0.4) is 0 Å². The number of rotatable bonds is 5. The first-order valence-corrected chi connectivity index (χ1v) is 8.53. The molecule has 0 spiro atoms. The summed E-state index contributed by atoms with van der Waals surface area (Å²) < 4.78 is 5.52. The van der Waals surface area contributed by atoms with Crippen molar-refractivity contribution in [3.8, 4) is 0 Å². The Morgan fingerprint density at radius 1 is 1.36 bits per heavy atom. The molecule has 3 rings (SSSR count). The number of amides is 3. The molecule has 1 saturated heterocycles. The second-order valence-corrected chi connectivity index (χ2v) is 6.62. The Balaban J connectivity index is 1.82. The van der Waals surface area contributed by atoms with E-state index in [2.05, 4.69) is 0 Å². The quantitative estimate of drug-likeness (QED) is 0.800. The van der Waals surface area contributed by atoms with Gasteiger partial charge in [-0.15, -0.1) is 0 Å². The molecule has 7 heteroatoms. The van der Waals surface area contributed by atoms with E-state index in [0.717, 1.165) is 12.8 Å². The van der Waals surface area contributed by atoms with E-state index in [9.17, 15) is 14.4 Å². The summed E-state index contributed by atoms with van der Waals surface area (Å²) in [5.74, 6) is -0.906. The Morgan fingerprint density at radius 3 is 2.72 bits per heavy atom. The third-order valence-corrected chi connectivity index (χ3v) is 4.95. The minimum absolute atomic E-state index is 0.0974. The van der Waals surface area contributed by atoms with Gasteiger partial charge in [0, 0.05) is 31.8 Å². The Labute approximate surface area is 146 Å². The van der Waals surface area contributed by atoms with Crippen LogP contribution < -0.4 is 5.73 Å². The molecule has 0 saturated carbocycles. The smallest absolute Gasteiger partial charge is 0.261 e. The van der Waals surface area contributed by atoms with Crippen LogP contribution in [0.15, 0.2) is 18.2 Å². The van der Waals surface area contributed by atoms with Gasteiger partial charge < -0.3 is 15.4 Å². The second-order valence-electron chi connectivity index (χ2n) is 6.62. The van der Waals surface area contributed by atoms with Crippen molar-refractivity contribution in [3.05, 3.63) is 34.9 Å². The fraction of sp³-hybridized carbons (Fsp3) is 0.500. The third kappa shape index (κ3) is 3.17. The van der Waals surface area contributed by atoms with E-state index in [4.69, 9.17) is 10.5 Å². The molecule has 25 heavy (non-hydrogen) atoms. The van der Waals surface area contributed by atoms with Crippen molar-refractivity contribution in [1.29, 1.82) is 0 Å². The molecule has 2 aliphatic rings. The molecule has 2 aliphatic heterocycles. The van der Waals surface area contributed by atoms with Crippen LogP contribution in [0.5, 0.6) is 0 Å². The first-order valence-electron chi connectivity index (χ1n) is 8.53. The summed E-state index contributed by atoms with van der Waals surface area (Å²) in [7, 11) is 1.67. The highest BCUT2D eigenvalue weighted by Gasteiger charge is 2.38. The van der Waals surface area contributed by atoms with Crippen molar-refractivity contribution in [2.45, 2.75) is 31.9 Å². The van der Waals surface area contributed by atoms with Crippen LogP contribution in [-0.4, -0.2) is 66.4 Å². The summed E-state index contributed by atoms with van der Waals surface area (Å²) in [6.45, 7) is 3.13. The molecule has 0 radical (unpaired) electrons. The predicted octanol–water partition coefficient (Wildman–Crippen LogP) is 0.881. The number of nitrogens with zero attached hydrogens (tertiary/aromatic N) is 2. The van der Waals surface area contributed by atoms with Crippen LogP contribution >= 0.6 is 0 Å². The summed E-state index contributed by atoms with van der Waals surface area (Å²) in [6.07, 6.45) is 1.69. The first-order chi connectivity index (χ1) is 11.9. The summed E-state index contributed by atoms with van der Waals surface area (Å²) >= 11 is 0. The van der Waals surface area contributed by atoms with Crippen LogP contribution in [0.1, 0.15) is 50.8 Å². The Kier molecular flexibility index (Phi) is 4.87. The van der Waals surface area contributed by atoms with E-state index in [0.29, 0.717) is 24.3 Å². The van der Waals surface area contributed by atoms with Gasteiger partial charge in [-0.05, 0) is 38.0 Å². The minimum Gasteiger partial charge on any atom is -0.376 e. The highest BCUT2D eigenvalue weighted by Crippen LogP contribution is 2.26. The summed E-state index contributed by atoms with van der Waals surface area (Å²) in [6, 6.07) is 4.53. The van der Waals surface area contributed by atoms with Gasteiger partial charge in [-0.3, -0.25) is 19.3 Å². The van der Waals surface area contributed by atoms with E-state index in [1.165, 1.54) is 15.9 Å². The molecular weight excluding hydrogens is 322 g/mol.